The molecule has 0 saturated carbocycles. The molecule has 0 radical (unpaired) electrons. The minimum Gasteiger partial charge on any atom is -0.355 e. The maximum Gasteiger partial charge on any atom is 0.276 e. The summed E-state index contributed by atoms with van der Waals surface area (Å²) in [5, 5.41) is 14.4. The standard InChI is InChI=1S/C22H21ClN6O2/c23-16-6-8-19(24-14-16)26-21(30)15-10-12-29(13-11-15)20-9-7-18(27-28-20)22(31)25-17-4-2-1-3-5-17/h1-9,14-15H,10-13H2,(H,25,31)(H,24,26,30). The van der Waals surface area contributed by atoms with Gasteiger partial charge < -0.3 is 15.5 Å². The summed E-state index contributed by atoms with van der Waals surface area (Å²) in [6, 6.07) is 16.0. The zero-order valence-corrected chi connectivity index (χ0v) is 17.4. The molecule has 2 amide bonds. The summed E-state index contributed by atoms with van der Waals surface area (Å²) in [5.74, 6) is 0.726. The van der Waals surface area contributed by atoms with Crippen molar-refractivity contribution >= 4 is 40.7 Å². The van der Waals surface area contributed by atoms with Gasteiger partial charge in [0.05, 0.1) is 5.02 Å². The molecule has 2 N–H and O–H groups in total. The first-order chi connectivity index (χ1) is 15.1. The highest BCUT2D eigenvalue weighted by Gasteiger charge is 2.26. The van der Waals surface area contributed by atoms with Crippen molar-refractivity contribution in [1.82, 2.24) is 15.2 Å². The Hall–Kier alpha value is -3.52. The van der Waals surface area contributed by atoms with Crippen LogP contribution >= 0.6 is 11.6 Å². The van der Waals surface area contributed by atoms with Crippen molar-refractivity contribution in [3.8, 4) is 0 Å². The molecule has 0 bridgehead atoms. The summed E-state index contributed by atoms with van der Waals surface area (Å²) in [6.07, 6.45) is 2.89. The molecule has 3 heterocycles. The van der Waals surface area contributed by atoms with Gasteiger partial charge in [-0.15, -0.1) is 10.2 Å². The number of para-hydroxylation sites is 1. The molecular weight excluding hydrogens is 416 g/mol. The van der Waals surface area contributed by atoms with E-state index >= 15 is 0 Å². The molecule has 158 valence electrons. The third kappa shape index (κ3) is 5.35. The maximum absolute atomic E-state index is 12.5. The normalized spacial score (nSPS) is 14.2. The summed E-state index contributed by atoms with van der Waals surface area (Å²) >= 11 is 5.82. The van der Waals surface area contributed by atoms with E-state index in [0.29, 0.717) is 48.3 Å². The number of amides is 2. The fourth-order valence-electron chi connectivity index (χ4n) is 3.38. The lowest BCUT2D eigenvalue weighted by Gasteiger charge is -2.31. The smallest absolute Gasteiger partial charge is 0.276 e. The van der Waals surface area contributed by atoms with Gasteiger partial charge in [-0.25, -0.2) is 4.98 Å². The Bertz CT molecular complexity index is 1040. The van der Waals surface area contributed by atoms with Crippen molar-refractivity contribution in [1.29, 1.82) is 0 Å². The second-order valence-corrected chi connectivity index (χ2v) is 7.65. The van der Waals surface area contributed by atoms with Gasteiger partial charge in [-0.05, 0) is 49.2 Å². The highest BCUT2D eigenvalue weighted by Crippen LogP contribution is 2.23. The lowest BCUT2D eigenvalue weighted by Crippen LogP contribution is -2.38. The van der Waals surface area contributed by atoms with E-state index in [-0.39, 0.29) is 23.4 Å². The van der Waals surface area contributed by atoms with Gasteiger partial charge in [0.25, 0.3) is 5.91 Å². The Kier molecular flexibility index (Phi) is 6.37. The molecule has 3 aromatic rings. The van der Waals surface area contributed by atoms with Crippen LogP contribution in [0.5, 0.6) is 0 Å². The van der Waals surface area contributed by atoms with Crippen LogP contribution in [0.1, 0.15) is 23.3 Å². The number of halogens is 1. The van der Waals surface area contributed by atoms with Crippen LogP contribution in [0.25, 0.3) is 0 Å². The van der Waals surface area contributed by atoms with E-state index in [1.54, 1.807) is 24.3 Å². The first kappa shape index (κ1) is 20.7. The summed E-state index contributed by atoms with van der Waals surface area (Å²) in [6.45, 7) is 1.35. The van der Waals surface area contributed by atoms with Crippen LogP contribution in [0.3, 0.4) is 0 Å². The van der Waals surface area contributed by atoms with Crippen LogP contribution in [-0.2, 0) is 4.79 Å². The molecule has 0 atom stereocenters. The fraction of sp³-hybridized carbons (Fsp3) is 0.227. The SMILES string of the molecule is O=C(Nc1ccccc1)c1ccc(N2CCC(C(=O)Nc3ccc(Cl)cn3)CC2)nn1. The number of hydrogen-bond acceptors (Lipinski definition) is 6. The topological polar surface area (TPSA) is 100 Å². The zero-order chi connectivity index (χ0) is 21.6. The van der Waals surface area contributed by atoms with E-state index in [2.05, 4.69) is 30.7 Å². The van der Waals surface area contributed by atoms with Gasteiger partial charge in [0, 0.05) is 30.9 Å². The number of anilines is 3. The molecule has 0 aliphatic carbocycles. The van der Waals surface area contributed by atoms with E-state index in [1.165, 1.54) is 6.20 Å². The van der Waals surface area contributed by atoms with Gasteiger partial charge in [-0.3, -0.25) is 9.59 Å². The van der Waals surface area contributed by atoms with Crippen molar-refractivity contribution in [2.45, 2.75) is 12.8 Å². The molecule has 0 spiro atoms. The number of hydrogen-bond donors (Lipinski definition) is 2. The third-order valence-corrected chi connectivity index (χ3v) is 5.31. The molecule has 0 unspecified atom stereocenters. The molecule has 8 nitrogen and oxygen atoms in total. The lowest BCUT2D eigenvalue weighted by molar-refractivity contribution is -0.120. The zero-order valence-electron chi connectivity index (χ0n) is 16.7. The number of benzene rings is 1. The van der Waals surface area contributed by atoms with E-state index in [0.717, 1.165) is 0 Å². The summed E-state index contributed by atoms with van der Waals surface area (Å²) < 4.78 is 0. The predicted octanol–water partition coefficient (Wildman–Crippen LogP) is 3.63. The number of aromatic nitrogens is 3. The number of piperidine rings is 1. The van der Waals surface area contributed by atoms with Gasteiger partial charge >= 0.3 is 0 Å². The number of carbonyl (C=O) groups is 2. The quantitative estimate of drug-likeness (QED) is 0.633. The Labute approximate surface area is 184 Å². The molecule has 1 fully saturated rings. The average molecular weight is 437 g/mol. The molecule has 1 aromatic carbocycles. The van der Waals surface area contributed by atoms with Crippen molar-refractivity contribution in [3.05, 3.63) is 71.5 Å². The molecule has 1 aliphatic rings. The number of rotatable bonds is 5. The van der Waals surface area contributed by atoms with E-state index in [9.17, 15) is 9.59 Å². The van der Waals surface area contributed by atoms with Crippen LogP contribution in [0, 0.1) is 5.92 Å². The third-order valence-electron chi connectivity index (χ3n) is 5.08. The number of nitrogens with zero attached hydrogens (tertiary/aromatic N) is 4. The van der Waals surface area contributed by atoms with Crippen LogP contribution in [0.15, 0.2) is 60.8 Å². The van der Waals surface area contributed by atoms with Crippen LogP contribution < -0.4 is 15.5 Å². The Morgan fingerprint density at radius 1 is 0.935 bits per heavy atom. The second kappa shape index (κ2) is 9.53. The van der Waals surface area contributed by atoms with E-state index < -0.39 is 0 Å². The Balaban J connectivity index is 1.30. The van der Waals surface area contributed by atoms with Crippen molar-refractivity contribution in [2.24, 2.45) is 5.92 Å². The Morgan fingerprint density at radius 3 is 2.35 bits per heavy atom. The monoisotopic (exact) mass is 436 g/mol. The van der Waals surface area contributed by atoms with Crippen molar-refractivity contribution in [2.75, 3.05) is 28.6 Å². The van der Waals surface area contributed by atoms with Gasteiger partial charge in [-0.2, -0.15) is 0 Å². The molecule has 31 heavy (non-hydrogen) atoms. The maximum atomic E-state index is 12.5. The van der Waals surface area contributed by atoms with Gasteiger partial charge in [0.1, 0.15) is 5.82 Å². The molecule has 2 aromatic heterocycles. The first-order valence-corrected chi connectivity index (χ1v) is 10.3. The van der Waals surface area contributed by atoms with Crippen molar-refractivity contribution < 1.29 is 9.59 Å². The number of nitrogens with one attached hydrogen (secondary N) is 2. The fourth-order valence-corrected chi connectivity index (χ4v) is 3.49. The second-order valence-electron chi connectivity index (χ2n) is 7.21. The molecule has 9 heteroatoms. The van der Waals surface area contributed by atoms with E-state index in [1.807, 2.05) is 30.3 Å². The summed E-state index contributed by atoms with van der Waals surface area (Å²) in [7, 11) is 0. The molecule has 1 aliphatic heterocycles. The first-order valence-electron chi connectivity index (χ1n) is 9.96. The summed E-state index contributed by atoms with van der Waals surface area (Å²) in [5.41, 5.74) is 0.949. The van der Waals surface area contributed by atoms with Crippen LogP contribution in [0.2, 0.25) is 5.02 Å². The lowest BCUT2D eigenvalue weighted by atomic mass is 9.96. The minimum atomic E-state index is -0.309. The number of carbonyl (C=O) groups excluding carboxylic acids is 2. The van der Waals surface area contributed by atoms with Gasteiger partial charge in [0.15, 0.2) is 11.5 Å². The van der Waals surface area contributed by atoms with Crippen LogP contribution in [0.4, 0.5) is 17.3 Å². The molecular formula is C22H21ClN6O2. The average Bonchev–Trinajstić information content (AvgIpc) is 2.81. The highest BCUT2D eigenvalue weighted by molar-refractivity contribution is 6.30. The predicted molar refractivity (Wildman–Crippen MR) is 119 cm³/mol. The molecule has 1 saturated heterocycles. The van der Waals surface area contributed by atoms with E-state index in [4.69, 9.17) is 11.6 Å². The van der Waals surface area contributed by atoms with Crippen LogP contribution in [-0.4, -0.2) is 40.1 Å². The van der Waals surface area contributed by atoms with Crippen molar-refractivity contribution in [3.63, 3.8) is 0 Å². The molecule has 4 rings (SSSR count). The Morgan fingerprint density at radius 2 is 1.71 bits per heavy atom. The van der Waals surface area contributed by atoms with Gasteiger partial charge in [0.2, 0.25) is 5.91 Å². The minimum absolute atomic E-state index is 0.0477. The highest BCUT2D eigenvalue weighted by atomic mass is 35.5. The number of pyridine rings is 1. The largest absolute Gasteiger partial charge is 0.355 e. The van der Waals surface area contributed by atoms with Gasteiger partial charge in [-0.1, -0.05) is 29.8 Å². The summed E-state index contributed by atoms with van der Waals surface area (Å²) in [4.78, 5) is 31.0.